The summed E-state index contributed by atoms with van der Waals surface area (Å²) in [6.07, 6.45) is 0. The predicted octanol–water partition coefficient (Wildman–Crippen LogP) is 6.29. The van der Waals surface area contributed by atoms with E-state index in [1.165, 1.54) is 23.5 Å². The van der Waals surface area contributed by atoms with Crippen LogP contribution in [-0.4, -0.2) is 45.1 Å². The number of hydrogen-bond acceptors (Lipinski definition) is 8. The molecule has 6 nitrogen and oxygen atoms in total. The van der Waals surface area contributed by atoms with Crippen molar-refractivity contribution in [2.45, 2.75) is 115 Å². The molecule has 0 aromatic heterocycles. The summed E-state index contributed by atoms with van der Waals surface area (Å²) < 4.78 is 0. The van der Waals surface area contributed by atoms with Gasteiger partial charge in [0.2, 0.25) is 0 Å². The minimum atomic E-state index is -0.311. The van der Waals surface area contributed by atoms with Crippen LogP contribution in [0.4, 0.5) is 0 Å². The molecule has 0 atom stereocenters. The zero-order valence-electron chi connectivity index (χ0n) is 26.7. The van der Waals surface area contributed by atoms with Gasteiger partial charge in [-0.1, -0.05) is 107 Å². The predicted molar refractivity (Wildman–Crippen MR) is 166 cm³/mol. The molecule has 2 aromatic carbocycles. The third kappa shape index (κ3) is 10.5. The van der Waals surface area contributed by atoms with E-state index in [1.807, 2.05) is 53.7 Å². The molecule has 0 aliphatic heterocycles. The average molecular weight is 654 g/mol. The van der Waals surface area contributed by atoms with Crippen LogP contribution in [0.5, 0.6) is 23.0 Å². The summed E-state index contributed by atoms with van der Waals surface area (Å²) in [6.45, 7) is 24.2. The maximum Gasteiger partial charge on any atom is 2.00 e. The van der Waals surface area contributed by atoms with Gasteiger partial charge in [-0.3, -0.25) is 0 Å². The molecule has 0 spiro atoms. The Labute approximate surface area is 266 Å². The molecule has 0 saturated heterocycles. The minimum absolute atomic E-state index is 0. The quantitative estimate of drug-likeness (QED) is 0.212. The maximum atomic E-state index is 12.4. The van der Waals surface area contributed by atoms with Crippen LogP contribution in [0, 0.1) is 0 Å². The Morgan fingerprint density at radius 3 is 0.976 bits per heavy atom. The molecule has 0 radical (unpaired) electrons. The third-order valence-corrected chi connectivity index (χ3v) is 8.50. The van der Waals surface area contributed by atoms with Crippen molar-refractivity contribution in [3.63, 3.8) is 0 Å². The van der Waals surface area contributed by atoms with Gasteiger partial charge in [0.1, 0.15) is 11.5 Å². The molecular weight excluding hydrogens is 603 g/mol. The van der Waals surface area contributed by atoms with Gasteiger partial charge >= 0.3 is 16.5 Å². The molecule has 9 heteroatoms. The normalized spacial score (nSPS) is 12.4. The van der Waals surface area contributed by atoms with Gasteiger partial charge in [0.25, 0.3) is 0 Å². The van der Waals surface area contributed by atoms with Crippen molar-refractivity contribution in [3.05, 3.63) is 34.4 Å². The Bertz CT molecular complexity index is 1060. The van der Waals surface area contributed by atoms with Crippen LogP contribution in [0.2, 0.25) is 0 Å². The number of aromatic hydroxyl groups is 2. The first kappa shape index (κ1) is 39.8. The van der Waals surface area contributed by atoms with Crippen LogP contribution in [0.25, 0.3) is 0 Å². The molecule has 0 amide bonds. The van der Waals surface area contributed by atoms with Gasteiger partial charge in [-0.15, -0.1) is 23.5 Å². The van der Waals surface area contributed by atoms with Gasteiger partial charge in [-0.2, -0.15) is 0 Å². The van der Waals surface area contributed by atoms with Crippen molar-refractivity contribution in [1.29, 1.82) is 0 Å². The van der Waals surface area contributed by atoms with Crippen LogP contribution >= 0.6 is 23.5 Å². The van der Waals surface area contributed by atoms with Gasteiger partial charge in [0.05, 0.1) is 23.0 Å². The fourth-order valence-corrected chi connectivity index (χ4v) is 6.17. The van der Waals surface area contributed by atoms with Crippen molar-refractivity contribution in [2.75, 3.05) is 24.7 Å². The van der Waals surface area contributed by atoms with E-state index in [-0.39, 0.29) is 74.4 Å². The van der Waals surface area contributed by atoms with Gasteiger partial charge in [0.15, 0.2) is 0 Å². The van der Waals surface area contributed by atoms with E-state index >= 15 is 0 Å². The molecule has 4 N–H and O–H groups in total. The second-order valence-corrected chi connectivity index (χ2v) is 16.3. The summed E-state index contributed by atoms with van der Waals surface area (Å²) in [5, 5.41) is 63.3. The van der Waals surface area contributed by atoms with Gasteiger partial charge < -0.3 is 30.6 Å². The maximum absolute atomic E-state index is 12.4. The van der Waals surface area contributed by atoms with E-state index < -0.39 is 0 Å². The van der Waals surface area contributed by atoms with E-state index in [4.69, 9.17) is 10.2 Å². The van der Waals surface area contributed by atoms with E-state index in [2.05, 4.69) is 41.5 Å². The van der Waals surface area contributed by atoms with Crippen molar-refractivity contribution in [1.82, 2.24) is 0 Å². The summed E-state index contributed by atoms with van der Waals surface area (Å²) in [4.78, 5) is 1.20. The Morgan fingerprint density at radius 1 is 0.537 bits per heavy atom. The van der Waals surface area contributed by atoms with Crippen molar-refractivity contribution < 1.29 is 47.1 Å². The number of aliphatic hydroxyl groups is 2. The number of aliphatic hydroxyl groups excluding tert-OH is 2. The molecule has 41 heavy (non-hydrogen) atoms. The smallest absolute Gasteiger partial charge is 0.870 e. The molecular formula is C32H50NiO6S2. The van der Waals surface area contributed by atoms with Crippen LogP contribution in [0.3, 0.4) is 0 Å². The van der Waals surface area contributed by atoms with Gasteiger partial charge in [-0.05, 0) is 43.9 Å². The second kappa shape index (κ2) is 15.0. The van der Waals surface area contributed by atoms with E-state index in [1.54, 1.807) is 0 Å². The molecule has 0 fully saturated rings. The van der Waals surface area contributed by atoms with Crippen molar-refractivity contribution >= 4 is 23.5 Å². The van der Waals surface area contributed by atoms with Crippen LogP contribution in [0.15, 0.2) is 21.9 Å². The van der Waals surface area contributed by atoms with Crippen LogP contribution < -0.4 is 10.2 Å². The fraction of sp³-hybridized carbons (Fsp3) is 0.625. The third-order valence-electron chi connectivity index (χ3n) is 6.32. The Hall–Kier alpha value is -1.25. The number of phenols is 2. The van der Waals surface area contributed by atoms with Gasteiger partial charge in [-0.25, -0.2) is 0 Å². The minimum Gasteiger partial charge on any atom is -0.870 e. The Kier molecular flexibility index (Phi) is 14.5. The SMILES string of the molecule is CC(C)(C)c1cc(C(C)(C)C)c(SCCO)c(O)c1[O-].CC(C)(C)c1cc(C(C)(C)C)c(SCCO)c(O)c1[O-].[Ni+2]. The van der Waals surface area contributed by atoms with Crippen LogP contribution in [-0.2, 0) is 38.2 Å². The molecule has 2 rings (SSSR count). The number of rotatable bonds is 6. The molecule has 2 aromatic rings. The van der Waals surface area contributed by atoms with E-state index in [0.717, 1.165) is 11.1 Å². The summed E-state index contributed by atoms with van der Waals surface area (Å²) in [6, 6.07) is 3.84. The zero-order chi connectivity index (χ0) is 31.4. The Morgan fingerprint density at radius 2 is 0.780 bits per heavy atom. The number of hydrogen-bond donors (Lipinski definition) is 4. The first-order chi connectivity index (χ1) is 18.0. The first-order valence-electron chi connectivity index (χ1n) is 13.6. The van der Waals surface area contributed by atoms with Crippen LogP contribution in [0.1, 0.15) is 105 Å². The standard InChI is InChI=1S/2C16H26O3S.Ni/c2*1-15(2,3)10-9-11(16(4,5)6)14(20-8-7-17)13(19)12(10)18;/h2*9,17-19H,7-8H2,1-6H3;/q;;+2/p-2. The molecule has 0 heterocycles. The molecule has 236 valence electrons. The average Bonchev–Trinajstić information content (AvgIpc) is 2.78. The molecule has 0 aliphatic carbocycles. The zero-order valence-corrected chi connectivity index (χ0v) is 29.3. The molecule has 0 bridgehead atoms. The number of thioether (sulfide) groups is 2. The second-order valence-electron chi connectivity index (χ2n) is 14.1. The van der Waals surface area contributed by atoms with Gasteiger partial charge in [0, 0.05) is 11.5 Å². The summed E-state index contributed by atoms with van der Waals surface area (Å²) >= 11 is 2.67. The number of benzene rings is 2. The summed E-state index contributed by atoms with van der Waals surface area (Å²) in [7, 11) is 0. The monoisotopic (exact) mass is 652 g/mol. The molecule has 0 unspecified atom stereocenters. The fourth-order valence-electron chi connectivity index (χ4n) is 4.08. The molecule has 0 aliphatic rings. The summed E-state index contributed by atoms with van der Waals surface area (Å²) in [5.41, 5.74) is 2.20. The van der Waals surface area contributed by atoms with E-state index in [9.17, 15) is 20.4 Å². The van der Waals surface area contributed by atoms with Crippen molar-refractivity contribution in [2.24, 2.45) is 0 Å². The van der Waals surface area contributed by atoms with Crippen molar-refractivity contribution in [3.8, 4) is 23.0 Å². The summed E-state index contributed by atoms with van der Waals surface area (Å²) in [5.74, 6) is -0.0333. The largest absolute Gasteiger partial charge is 2.00 e. The topological polar surface area (TPSA) is 127 Å². The first-order valence-corrected chi connectivity index (χ1v) is 15.6. The van der Waals surface area contributed by atoms with E-state index in [0.29, 0.717) is 32.4 Å². The number of phenolic OH excluding ortho intramolecular Hbond substituents is 2. The molecule has 0 saturated carbocycles. The Balaban J connectivity index is 0.000000762.